The number of rotatable bonds is 8. The van der Waals surface area contributed by atoms with Gasteiger partial charge in [0, 0.05) is 13.2 Å². The van der Waals surface area contributed by atoms with Gasteiger partial charge in [0.15, 0.2) is 0 Å². The fourth-order valence-corrected chi connectivity index (χ4v) is 1.98. The highest BCUT2D eigenvalue weighted by Crippen LogP contribution is 2.27. The molecule has 0 saturated carbocycles. The number of methoxy groups -OCH3 is 1. The summed E-state index contributed by atoms with van der Waals surface area (Å²) in [6.45, 7) is 7.09. The van der Waals surface area contributed by atoms with Gasteiger partial charge in [0.25, 0.3) is 0 Å². The molecule has 0 aliphatic rings. The third-order valence-corrected chi connectivity index (χ3v) is 3.35. The van der Waals surface area contributed by atoms with E-state index in [-0.39, 0.29) is 11.6 Å². The van der Waals surface area contributed by atoms with Gasteiger partial charge in [0.05, 0.1) is 12.2 Å². The first-order chi connectivity index (χ1) is 9.02. The molecule has 1 aromatic rings. The molecule has 1 aromatic carbocycles. The summed E-state index contributed by atoms with van der Waals surface area (Å²) >= 11 is 0. The highest BCUT2D eigenvalue weighted by atomic mass is 16.5. The molecule has 0 aliphatic heterocycles. The lowest BCUT2D eigenvalue weighted by Crippen LogP contribution is -2.30. The van der Waals surface area contributed by atoms with E-state index in [1.54, 1.807) is 7.11 Å². The molecule has 0 fully saturated rings. The normalized spacial score (nSPS) is 13.3. The zero-order chi connectivity index (χ0) is 14.3. The zero-order valence-corrected chi connectivity index (χ0v) is 12.8. The Morgan fingerprint density at radius 2 is 1.84 bits per heavy atom. The second kappa shape index (κ2) is 7.51. The summed E-state index contributed by atoms with van der Waals surface area (Å²) in [6, 6.07) is 8.61. The minimum absolute atomic E-state index is 0.134. The van der Waals surface area contributed by atoms with Gasteiger partial charge in [-0.15, -0.1) is 0 Å². The van der Waals surface area contributed by atoms with Crippen molar-refractivity contribution in [3.63, 3.8) is 0 Å². The fourth-order valence-electron chi connectivity index (χ4n) is 1.98. The second-order valence-electron chi connectivity index (χ2n) is 5.43. The molecule has 0 aliphatic carbocycles. The van der Waals surface area contributed by atoms with Crippen molar-refractivity contribution in [1.82, 2.24) is 5.32 Å². The van der Waals surface area contributed by atoms with Crippen LogP contribution in [-0.2, 0) is 4.74 Å². The molecule has 19 heavy (non-hydrogen) atoms. The molecule has 1 atom stereocenters. The maximum atomic E-state index is 5.60. The molecule has 1 N–H and O–H groups in total. The Hall–Kier alpha value is -1.06. The van der Waals surface area contributed by atoms with Gasteiger partial charge in [0.2, 0.25) is 0 Å². The van der Waals surface area contributed by atoms with Crippen LogP contribution in [0.25, 0.3) is 0 Å². The topological polar surface area (TPSA) is 30.5 Å². The molecule has 3 heteroatoms. The van der Waals surface area contributed by atoms with E-state index in [0.717, 1.165) is 25.2 Å². The molecule has 0 heterocycles. The van der Waals surface area contributed by atoms with Gasteiger partial charge < -0.3 is 14.8 Å². The van der Waals surface area contributed by atoms with Crippen molar-refractivity contribution in [2.75, 3.05) is 20.8 Å². The van der Waals surface area contributed by atoms with Gasteiger partial charge in [-0.1, -0.05) is 19.1 Å². The Kier molecular flexibility index (Phi) is 6.32. The van der Waals surface area contributed by atoms with Crippen molar-refractivity contribution in [2.24, 2.45) is 0 Å². The zero-order valence-electron chi connectivity index (χ0n) is 12.8. The largest absolute Gasteiger partial charge is 0.494 e. The van der Waals surface area contributed by atoms with Crippen molar-refractivity contribution < 1.29 is 9.47 Å². The lowest BCUT2D eigenvalue weighted by Gasteiger charge is -2.28. The lowest BCUT2D eigenvalue weighted by molar-refractivity contribution is 0.00744. The van der Waals surface area contributed by atoms with Gasteiger partial charge in [0.1, 0.15) is 5.75 Å². The van der Waals surface area contributed by atoms with E-state index in [9.17, 15) is 0 Å². The van der Waals surface area contributed by atoms with E-state index in [1.165, 1.54) is 5.56 Å². The molecule has 0 aromatic heterocycles. The highest BCUT2D eigenvalue weighted by molar-refractivity contribution is 5.29. The Morgan fingerprint density at radius 3 is 2.32 bits per heavy atom. The van der Waals surface area contributed by atoms with Crippen LogP contribution < -0.4 is 10.1 Å². The summed E-state index contributed by atoms with van der Waals surface area (Å²) in [5, 5.41) is 3.35. The summed E-state index contributed by atoms with van der Waals surface area (Å²) in [4.78, 5) is 0. The lowest BCUT2D eigenvalue weighted by atomic mass is 9.94. The molecule has 0 radical (unpaired) electrons. The minimum Gasteiger partial charge on any atom is -0.494 e. The van der Waals surface area contributed by atoms with Crippen LogP contribution in [0.4, 0.5) is 0 Å². The average molecular weight is 265 g/mol. The van der Waals surface area contributed by atoms with Gasteiger partial charge in [-0.25, -0.2) is 0 Å². The maximum Gasteiger partial charge on any atom is 0.119 e. The molecule has 0 saturated heterocycles. The number of benzene rings is 1. The van der Waals surface area contributed by atoms with Crippen molar-refractivity contribution in [2.45, 2.75) is 45.3 Å². The van der Waals surface area contributed by atoms with Crippen molar-refractivity contribution >= 4 is 0 Å². The minimum atomic E-state index is -0.134. The van der Waals surface area contributed by atoms with Gasteiger partial charge in [-0.3, -0.25) is 0 Å². The Bertz CT molecular complexity index is 360. The van der Waals surface area contributed by atoms with Crippen LogP contribution in [0.3, 0.4) is 0 Å². The van der Waals surface area contributed by atoms with Gasteiger partial charge >= 0.3 is 0 Å². The summed E-state index contributed by atoms with van der Waals surface area (Å²) in [6.07, 6.45) is 1.96. The van der Waals surface area contributed by atoms with Crippen molar-refractivity contribution in [1.29, 1.82) is 0 Å². The van der Waals surface area contributed by atoms with E-state index >= 15 is 0 Å². The van der Waals surface area contributed by atoms with Crippen LogP contribution >= 0.6 is 0 Å². The van der Waals surface area contributed by atoms with Gasteiger partial charge in [-0.2, -0.15) is 0 Å². The molecule has 3 nitrogen and oxygen atoms in total. The smallest absolute Gasteiger partial charge is 0.119 e. The van der Waals surface area contributed by atoms with E-state index in [2.05, 4.69) is 38.2 Å². The fraction of sp³-hybridized carbons (Fsp3) is 0.625. The Morgan fingerprint density at radius 1 is 1.21 bits per heavy atom. The SMILES string of the molecule is CCCOc1ccc(C(CC(C)(C)OC)NC)cc1. The number of hydrogen-bond donors (Lipinski definition) is 1. The quantitative estimate of drug-likeness (QED) is 0.779. The van der Waals surface area contributed by atoms with Crippen molar-refractivity contribution in [3.05, 3.63) is 29.8 Å². The summed E-state index contributed by atoms with van der Waals surface area (Å²) in [5.41, 5.74) is 1.13. The second-order valence-corrected chi connectivity index (χ2v) is 5.43. The van der Waals surface area contributed by atoms with E-state index in [1.807, 2.05) is 19.2 Å². The molecule has 0 amide bonds. The van der Waals surface area contributed by atoms with E-state index < -0.39 is 0 Å². The average Bonchev–Trinajstić information content (AvgIpc) is 2.43. The van der Waals surface area contributed by atoms with Crippen LogP contribution in [0.1, 0.15) is 45.2 Å². The molecule has 1 rings (SSSR count). The first-order valence-electron chi connectivity index (χ1n) is 6.97. The van der Waals surface area contributed by atoms with Crippen LogP contribution in [0, 0.1) is 0 Å². The van der Waals surface area contributed by atoms with Crippen LogP contribution in [0.15, 0.2) is 24.3 Å². The third-order valence-electron chi connectivity index (χ3n) is 3.35. The van der Waals surface area contributed by atoms with E-state index in [0.29, 0.717) is 0 Å². The first kappa shape index (κ1) is 16.0. The number of nitrogens with one attached hydrogen (secondary N) is 1. The summed E-state index contributed by atoms with van der Waals surface area (Å²) in [7, 11) is 3.74. The molecule has 1 unspecified atom stereocenters. The van der Waals surface area contributed by atoms with Crippen LogP contribution in [-0.4, -0.2) is 26.4 Å². The Labute approximate surface area is 117 Å². The summed E-state index contributed by atoms with van der Waals surface area (Å²) < 4.78 is 11.1. The summed E-state index contributed by atoms with van der Waals surface area (Å²) in [5.74, 6) is 0.937. The highest BCUT2D eigenvalue weighted by Gasteiger charge is 2.22. The maximum absolute atomic E-state index is 5.60. The molecular formula is C16H27NO2. The standard InChI is InChI=1S/C16H27NO2/c1-6-11-19-14-9-7-13(8-10-14)15(17-4)12-16(2,3)18-5/h7-10,15,17H,6,11-12H2,1-5H3. The molecule has 0 spiro atoms. The van der Waals surface area contributed by atoms with E-state index in [4.69, 9.17) is 9.47 Å². The monoisotopic (exact) mass is 265 g/mol. The molecule has 0 bridgehead atoms. The third kappa shape index (κ3) is 5.21. The molecular weight excluding hydrogens is 238 g/mol. The van der Waals surface area contributed by atoms with Crippen LogP contribution in [0.5, 0.6) is 5.75 Å². The molecule has 108 valence electrons. The Balaban J connectivity index is 2.71. The first-order valence-corrected chi connectivity index (χ1v) is 6.97. The number of hydrogen-bond acceptors (Lipinski definition) is 3. The van der Waals surface area contributed by atoms with Crippen LogP contribution in [0.2, 0.25) is 0 Å². The van der Waals surface area contributed by atoms with Gasteiger partial charge in [-0.05, 0) is 51.4 Å². The predicted octanol–water partition coefficient (Wildman–Crippen LogP) is 3.55. The van der Waals surface area contributed by atoms with Crippen molar-refractivity contribution in [3.8, 4) is 5.75 Å². The predicted molar refractivity (Wildman–Crippen MR) is 79.7 cm³/mol. The number of ether oxygens (including phenoxy) is 2.